The van der Waals surface area contributed by atoms with Crippen LogP contribution in [0.5, 0.6) is 0 Å². The van der Waals surface area contributed by atoms with Gasteiger partial charge in [-0.05, 0) is 36.8 Å². The molecule has 0 radical (unpaired) electrons. The number of fused-ring (bicyclic) bond motifs is 1. The van der Waals surface area contributed by atoms with Crippen molar-refractivity contribution in [2.45, 2.75) is 44.4 Å². The summed E-state index contributed by atoms with van der Waals surface area (Å²) in [4.78, 5) is 37.4. The quantitative estimate of drug-likeness (QED) is 0.223. The minimum atomic E-state index is -0.696. The molecule has 37 heavy (non-hydrogen) atoms. The van der Waals surface area contributed by atoms with Crippen LogP contribution in [0.2, 0.25) is 0 Å². The van der Waals surface area contributed by atoms with Crippen LogP contribution in [0.4, 0.5) is 5.82 Å². The lowest BCUT2D eigenvalue weighted by Gasteiger charge is -2.30. The van der Waals surface area contributed by atoms with Gasteiger partial charge in [-0.25, -0.2) is 9.97 Å². The molecule has 1 saturated heterocycles. The van der Waals surface area contributed by atoms with Crippen molar-refractivity contribution < 1.29 is 19.9 Å². The molecule has 4 N–H and O–H groups in total. The van der Waals surface area contributed by atoms with Crippen molar-refractivity contribution in [3.63, 3.8) is 0 Å². The van der Waals surface area contributed by atoms with Gasteiger partial charge in [-0.3, -0.25) is 14.5 Å². The molecule has 1 saturated carbocycles. The monoisotopic (exact) mass is 507 g/mol. The van der Waals surface area contributed by atoms with Gasteiger partial charge in [-0.2, -0.15) is 0 Å². The highest BCUT2D eigenvalue weighted by molar-refractivity contribution is 6.40. The number of carbonyl (C=O) groups is 2. The Hall–Kier alpha value is -3.57. The Kier molecular flexibility index (Phi) is 7.61. The molecule has 11 heteroatoms. The van der Waals surface area contributed by atoms with Crippen LogP contribution in [0.3, 0.4) is 0 Å². The molecule has 2 fully saturated rings. The zero-order valence-corrected chi connectivity index (χ0v) is 20.7. The molecule has 0 spiro atoms. The van der Waals surface area contributed by atoms with E-state index >= 15 is 0 Å². The standard InChI is InChI=1S/C26H33N7O4/c34-21(15-32-9-7-17-3-1-2-4-19(17)13-32)12-27-25(35)22-11-23(29-16-28-22)30-20-8-10-33(14-20)26(36)24(31-37)18-5-6-18/h1-4,11,16,18,20-21,34,37H,5-10,12-15H2,(H,27,35)(H,28,29,30). The normalized spacial score (nSPS) is 20.8. The second-order valence-electron chi connectivity index (χ2n) is 10.0. The van der Waals surface area contributed by atoms with E-state index in [4.69, 9.17) is 0 Å². The number of oxime groups is 1. The summed E-state index contributed by atoms with van der Waals surface area (Å²) in [5.74, 6) is -0.0397. The van der Waals surface area contributed by atoms with Crippen LogP contribution >= 0.6 is 0 Å². The van der Waals surface area contributed by atoms with Crippen LogP contribution in [0.1, 0.15) is 40.9 Å². The fourth-order valence-electron chi connectivity index (χ4n) is 5.02. The van der Waals surface area contributed by atoms with Crippen molar-refractivity contribution in [1.82, 2.24) is 25.1 Å². The average molecular weight is 508 g/mol. The number of rotatable bonds is 9. The number of aromatic nitrogens is 2. The number of anilines is 1. The summed E-state index contributed by atoms with van der Waals surface area (Å²) in [6.45, 7) is 3.29. The van der Waals surface area contributed by atoms with Gasteiger partial charge in [-0.15, -0.1) is 0 Å². The number of nitrogens with one attached hydrogen (secondary N) is 2. The van der Waals surface area contributed by atoms with Gasteiger partial charge in [0.05, 0.1) is 6.10 Å². The van der Waals surface area contributed by atoms with Crippen molar-refractivity contribution in [3.8, 4) is 0 Å². The fourth-order valence-corrected chi connectivity index (χ4v) is 5.02. The molecule has 2 aromatic rings. The summed E-state index contributed by atoms with van der Waals surface area (Å²) < 4.78 is 0. The molecular weight excluding hydrogens is 474 g/mol. The molecular formula is C26H33N7O4. The molecule has 5 rings (SSSR count). The van der Waals surface area contributed by atoms with Crippen molar-refractivity contribution in [1.29, 1.82) is 0 Å². The molecule has 1 aliphatic carbocycles. The summed E-state index contributed by atoms with van der Waals surface area (Å²) >= 11 is 0. The van der Waals surface area contributed by atoms with E-state index in [1.807, 2.05) is 6.07 Å². The summed E-state index contributed by atoms with van der Waals surface area (Å²) in [5.41, 5.74) is 3.08. The molecule has 2 atom stereocenters. The molecule has 0 bridgehead atoms. The van der Waals surface area contributed by atoms with Crippen molar-refractivity contribution in [2.75, 3.05) is 38.0 Å². The predicted octanol–water partition coefficient (Wildman–Crippen LogP) is 0.879. The third kappa shape index (κ3) is 6.23. The van der Waals surface area contributed by atoms with Gasteiger partial charge >= 0.3 is 0 Å². The van der Waals surface area contributed by atoms with Gasteiger partial charge in [0.25, 0.3) is 11.8 Å². The first-order chi connectivity index (χ1) is 18.0. The first-order valence-corrected chi connectivity index (χ1v) is 12.9. The van der Waals surface area contributed by atoms with Gasteiger partial charge in [0, 0.05) is 57.3 Å². The Balaban J connectivity index is 1.08. The van der Waals surface area contributed by atoms with Crippen LogP contribution in [-0.2, 0) is 17.8 Å². The first-order valence-electron chi connectivity index (χ1n) is 12.9. The number of nitrogens with zero attached hydrogens (tertiary/aromatic N) is 5. The van der Waals surface area contributed by atoms with Crippen molar-refractivity contribution >= 4 is 23.3 Å². The molecule has 2 aliphatic heterocycles. The van der Waals surface area contributed by atoms with E-state index in [9.17, 15) is 19.9 Å². The van der Waals surface area contributed by atoms with Crippen LogP contribution in [0.15, 0.2) is 41.8 Å². The Morgan fingerprint density at radius 2 is 1.95 bits per heavy atom. The molecule has 3 heterocycles. The SMILES string of the molecule is O=C(NCC(O)CN1CCc2ccccc2C1)c1cc(NC2CCN(C(=O)C(=NO)C3CC3)C2)ncn1. The van der Waals surface area contributed by atoms with Gasteiger partial charge < -0.3 is 25.8 Å². The summed E-state index contributed by atoms with van der Waals surface area (Å²) in [6, 6.07) is 9.88. The molecule has 3 aliphatic rings. The minimum absolute atomic E-state index is 0.0367. The van der Waals surface area contributed by atoms with Crippen molar-refractivity contribution in [3.05, 3.63) is 53.5 Å². The molecule has 2 amide bonds. The lowest BCUT2D eigenvalue weighted by molar-refractivity contribution is -0.123. The molecule has 1 aromatic heterocycles. The van der Waals surface area contributed by atoms with Gasteiger partial charge in [0.2, 0.25) is 0 Å². The zero-order chi connectivity index (χ0) is 25.8. The second-order valence-corrected chi connectivity index (χ2v) is 10.0. The third-order valence-corrected chi connectivity index (χ3v) is 7.19. The first kappa shape index (κ1) is 25.1. The summed E-state index contributed by atoms with van der Waals surface area (Å²) in [5, 5.41) is 28.9. The summed E-state index contributed by atoms with van der Waals surface area (Å²) in [7, 11) is 0. The Morgan fingerprint density at radius 3 is 2.73 bits per heavy atom. The van der Waals surface area contributed by atoms with Gasteiger partial charge in [-0.1, -0.05) is 29.4 Å². The van der Waals surface area contributed by atoms with Crippen LogP contribution in [-0.4, -0.2) is 92.5 Å². The highest BCUT2D eigenvalue weighted by Gasteiger charge is 2.37. The largest absolute Gasteiger partial charge is 0.410 e. The lowest BCUT2D eigenvalue weighted by atomic mass is 10.00. The topological polar surface area (TPSA) is 143 Å². The van der Waals surface area contributed by atoms with E-state index < -0.39 is 6.10 Å². The number of hydrogen-bond acceptors (Lipinski definition) is 9. The van der Waals surface area contributed by atoms with Gasteiger partial charge in [0.15, 0.2) is 0 Å². The number of carbonyl (C=O) groups excluding carboxylic acids is 2. The van der Waals surface area contributed by atoms with E-state index in [2.05, 4.69) is 48.9 Å². The van der Waals surface area contributed by atoms with Crippen LogP contribution in [0, 0.1) is 5.92 Å². The number of β-amino-alcohol motifs (C(OH)–C–C–N with tert-alkyl or cyclic N) is 1. The van der Waals surface area contributed by atoms with E-state index in [-0.39, 0.29) is 41.7 Å². The van der Waals surface area contributed by atoms with Crippen molar-refractivity contribution in [2.24, 2.45) is 11.1 Å². The fraction of sp³-hybridized carbons (Fsp3) is 0.500. The number of aliphatic hydroxyl groups is 1. The number of benzene rings is 1. The van der Waals surface area contributed by atoms with Crippen LogP contribution in [0.25, 0.3) is 0 Å². The Morgan fingerprint density at radius 1 is 1.14 bits per heavy atom. The smallest absolute Gasteiger partial charge is 0.272 e. The molecule has 1 aromatic carbocycles. The van der Waals surface area contributed by atoms with E-state index in [1.165, 1.54) is 17.5 Å². The second kappa shape index (κ2) is 11.2. The summed E-state index contributed by atoms with van der Waals surface area (Å²) in [6.07, 6.45) is 4.06. The van der Waals surface area contributed by atoms with Gasteiger partial charge in [0.1, 0.15) is 23.6 Å². The van der Waals surface area contributed by atoms with E-state index in [0.29, 0.717) is 31.9 Å². The lowest BCUT2D eigenvalue weighted by Crippen LogP contribution is -2.42. The molecule has 196 valence electrons. The number of aliphatic hydroxyl groups excluding tert-OH is 1. The average Bonchev–Trinajstić information content (AvgIpc) is 3.64. The number of amides is 2. The zero-order valence-electron chi connectivity index (χ0n) is 20.7. The van der Waals surface area contributed by atoms with E-state index in [1.54, 1.807) is 11.0 Å². The Bertz CT molecular complexity index is 1170. The predicted molar refractivity (Wildman–Crippen MR) is 136 cm³/mol. The highest BCUT2D eigenvalue weighted by Crippen LogP contribution is 2.32. The van der Waals surface area contributed by atoms with E-state index in [0.717, 1.165) is 32.4 Å². The maximum Gasteiger partial charge on any atom is 0.272 e. The molecule has 2 unspecified atom stereocenters. The van der Waals surface area contributed by atoms with Crippen LogP contribution < -0.4 is 10.6 Å². The third-order valence-electron chi connectivity index (χ3n) is 7.19. The highest BCUT2D eigenvalue weighted by atomic mass is 16.4. The Labute approximate surface area is 215 Å². The maximum atomic E-state index is 12.7. The number of likely N-dealkylation sites (tertiary alicyclic amines) is 1. The molecule has 11 nitrogen and oxygen atoms in total. The minimum Gasteiger partial charge on any atom is -0.410 e. The number of hydrogen-bond donors (Lipinski definition) is 4. The maximum absolute atomic E-state index is 12.7.